The lowest BCUT2D eigenvalue weighted by molar-refractivity contribution is 0.0740. The zero-order chi connectivity index (χ0) is 10.5. The van der Waals surface area contributed by atoms with Crippen LogP contribution in [0.15, 0.2) is 36.9 Å². The van der Waals surface area contributed by atoms with E-state index in [0.717, 1.165) is 17.5 Å². The van der Waals surface area contributed by atoms with E-state index in [1.165, 1.54) is 0 Å². The summed E-state index contributed by atoms with van der Waals surface area (Å²) in [4.78, 5) is 0. The predicted molar refractivity (Wildman–Crippen MR) is 58.3 cm³/mol. The van der Waals surface area contributed by atoms with Crippen molar-refractivity contribution in [3.05, 3.63) is 36.9 Å². The second kappa shape index (κ2) is 4.70. The number of hydrogen-bond donors (Lipinski definition) is 0. The number of aromatic nitrogens is 3. The molecular weight excluding hydrogens is 190 g/mol. The molecule has 0 aliphatic carbocycles. The molecule has 1 aromatic heterocycles. The first-order valence-electron chi connectivity index (χ1n) is 4.88. The van der Waals surface area contributed by atoms with Crippen molar-refractivity contribution in [2.24, 2.45) is 0 Å². The van der Waals surface area contributed by atoms with Crippen LogP contribution in [0.4, 0.5) is 0 Å². The maximum Gasteiger partial charge on any atom is 0.141 e. The molecule has 0 radical (unpaired) electrons. The topological polar surface area (TPSA) is 39.9 Å². The Labute approximate surface area is 88.2 Å². The van der Waals surface area contributed by atoms with Crippen LogP contribution in [-0.2, 0) is 11.5 Å². The van der Waals surface area contributed by atoms with Crippen molar-refractivity contribution in [3.63, 3.8) is 0 Å². The molecule has 15 heavy (non-hydrogen) atoms. The highest BCUT2D eigenvalue weighted by molar-refractivity contribution is 5.73. The van der Waals surface area contributed by atoms with Gasteiger partial charge in [0.05, 0.1) is 12.1 Å². The van der Waals surface area contributed by atoms with Gasteiger partial charge in [-0.15, -0.1) is 11.7 Å². The van der Waals surface area contributed by atoms with Crippen molar-refractivity contribution in [1.82, 2.24) is 15.0 Å². The van der Waals surface area contributed by atoms with Crippen LogP contribution in [0.25, 0.3) is 11.0 Å². The molecule has 0 saturated heterocycles. The molecule has 0 aliphatic rings. The molecule has 0 atom stereocenters. The Bertz CT molecular complexity index is 450. The molecule has 0 aliphatic heterocycles. The minimum Gasteiger partial charge on any atom is -0.359 e. The lowest BCUT2D eigenvalue weighted by Gasteiger charge is -2.02. The molecule has 78 valence electrons. The van der Waals surface area contributed by atoms with E-state index in [9.17, 15) is 0 Å². The van der Waals surface area contributed by atoms with Crippen LogP contribution in [0.2, 0.25) is 0 Å². The molecule has 1 heterocycles. The van der Waals surface area contributed by atoms with Crippen LogP contribution >= 0.6 is 0 Å². The maximum absolute atomic E-state index is 5.42. The molecule has 1 aromatic carbocycles. The Hall–Kier alpha value is -1.68. The van der Waals surface area contributed by atoms with Crippen LogP contribution in [0.1, 0.15) is 6.42 Å². The van der Waals surface area contributed by atoms with Gasteiger partial charge < -0.3 is 4.74 Å². The van der Waals surface area contributed by atoms with Crippen molar-refractivity contribution in [3.8, 4) is 0 Å². The Morgan fingerprint density at radius 3 is 3.13 bits per heavy atom. The number of para-hydroxylation sites is 1. The van der Waals surface area contributed by atoms with Gasteiger partial charge >= 0.3 is 0 Å². The van der Waals surface area contributed by atoms with Gasteiger partial charge in [-0.05, 0) is 18.6 Å². The molecule has 2 rings (SSSR count). The van der Waals surface area contributed by atoms with Crippen molar-refractivity contribution < 1.29 is 4.74 Å². The number of benzene rings is 1. The normalized spacial score (nSPS) is 10.7. The molecule has 0 spiro atoms. The maximum atomic E-state index is 5.42. The van der Waals surface area contributed by atoms with Gasteiger partial charge in [0, 0.05) is 0 Å². The molecule has 0 fully saturated rings. The average molecular weight is 203 g/mol. The summed E-state index contributed by atoms with van der Waals surface area (Å²) in [5.41, 5.74) is 1.89. The summed E-state index contributed by atoms with van der Waals surface area (Å²) in [6.45, 7) is 4.73. The van der Waals surface area contributed by atoms with Gasteiger partial charge in [0.25, 0.3) is 0 Å². The number of hydrogen-bond acceptors (Lipinski definition) is 3. The monoisotopic (exact) mass is 203 g/mol. The zero-order valence-electron chi connectivity index (χ0n) is 8.47. The Kier molecular flexibility index (Phi) is 3.09. The third kappa shape index (κ3) is 2.22. The highest BCUT2D eigenvalue weighted by Crippen LogP contribution is 2.09. The molecule has 4 nitrogen and oxygen atoms in total. The van der Waals surface area contributed by atoms with E-state index in [1.807, 2.05) is 30.3 Å². The van der Waals surface area contributed by atoms with E-state index in [4.69, 9.17) is 4.74 Å². The number of ether oxygens (including phenoxy) is 1. The molecule has 0 saturated carbocycles. The third-order valence-corrected chi connectivity index (χ3v) is 2.10. The first-order valence-corrected chi connectivity index (χ1v) is 4.88. The summed E-state index contributed by atoms with van der Waals surface area (Å²) < 4.78 is 7.16. The zero-order valence-corrected chi connectivity index (χ0v) is 8.47. The average Bonchev–Trinajstić information content (AvgIpc) is 2.68. The first kappa shape index (κ1) is 9.86. The van der Waals surface area contributed by atoms with E-state index in [1.54, 1.807) is 4.68 Å². The predicted octanol–water partition coefficient (Wildman–Crippen LogP) is 1.98. The van der Waals surface area contributed by atoms with Gasteiger partial charge in [-0.25, -0.2) is 4.68 Å². The van der Waals surface area contributed by atoms with Gasteiger partial charge in [0.2, 0.25) is 0 Å². The molecule has 4 heteroatoms. The fourth-order valence-electron chi connectivity index (χ4n) is 1.33. The quantitative estimate of drug-likeness (QED) is 0.551. The third-order valence-electron chi connectivity index (χ3n) is 2.10. The van der Waals surface area contributed by atoms with Gasteiger partial charge in [-0.1, -0.05) is 23.4 Å². The van der Waals surface area contributed by atoms with Crippen molar-refractivity contribution in [2.75, 3.05) is 6.61 Å². The van der Waals surface area contributed by atoms with Crippen molar-refractivity contribution in [1.29, 1.82) is 0 Å². The highest BCUT2D eigenvalue weighted by atomic mass is 16.5. The van der Waals surface area contributed by atoms with Crippen molar-refractivity contribution >= 4 is 11.0 Å². The standard InChI is InChI=1S/C11H13N3O/c1-2-3-8-15-9-14-11-7-5-4-6-10(11)12-13-14/h2,4-7H,1,3,8-9H2. The van der Waals surface area contributed by atoms with Gasteiger partial charge in [0.1, 0.15) is 12.2 Å². The van der Waals surface area contributed by atoms with Crippen LogP contribution in [0.3, 0.4) is 0 Å². The van der Waals surface area contributed by atoms with Crippen LogP contribution in [-0.4, -0.2) is 21.6 Å². The minimum atomic E-state index is 0.439. The summed E-state index contributed by atoms with van der Waals surface area (Å²) in [6, 6.07) is 7.82. The van der Waals surface area contributed by atoms with Crippen molar-refractivity contribution in [2.45, 2.75) is 13.2 Å². The lowest BCUT2D eigenvalue weighted by Crippen LogP contribution is -2.04. The van der Waals surface area contributed by atoms with Crippen LogP contribution in [0, 0.1) is 0 Å². The lowest BCUT2D eigenvalue weighted by atomic mass is 10.3. The Morgan fingerprint density at radius 1 is 1.40 bits per heavy atom. The largest absolute Gasteiger partial charge is 0.359 e. The fraction of sp³-hybridized carbons (Fsp3) is 0.273. The van der Waals surface area contributed by atoms with E-state index in [2.05, 4.69) is 16.9 Å². The van der Waals surface area contributed by atoms with E-state index < -0.39 is 0 Å². The first-order chi connectivity index (χ1) is 7.42. The van der Waals surface area contributed by atoms with Gasteiger partial charge in [-0.2, -0.15) is 0 Å². The molecule has 2 aromatic rings. The summed E-state index contributed by atoms with van der Waals surface area (Å²) in [5, 5.41) is 8.04. The van der Waals surface area contributed by atoms with E-state index >= 15 is 0 Å². The highest BCUT2D eigenvalue weighted by Gasteiger charge is 2.01. The number of nitrogens with zero attached hydrogens (tertiary/aromatic N) is 3. The van der Waals surface area contributed by atoms with Crippen LogP contribution < -0.4 is 0 Å². The molecular formula is C11H13N3O. The number of fused-ring (bicyclic) bond motifs is 1. The summed E-state index contributed by atoms with van der Waals surface area (Å²) in [6.07, 6.45) is 2.69. The molecule has 0 unspecified atom stereocenters. The summed E-state index contributed by atoms with van der Waals surface area (Å²) in [5.74, 6) is 0. The van der Waals surface area contributed by atoms with Crippen LogP contribution in [0.5, 0.6) is 0 Å². The summed E-state index contributed by atoms with van der Waals surface area (Å²) in [7, 11) is 0. The van der Waals surface area contributed by atoms with Gasteiger partial charge in [0.15, 0.2) is 0 Å². The molecule has 0 N–H and O–H groups in total. The van der Waals surface area contributed by atoms with E-state index in [0.29, 0.717) is 13.3 Å². The SMILES string of the molecule is C=CCCOCn1nnc2ccccc21. The summed E-state index contributed by atoms with van der Waals surface area (Å²) >= 11 is 0. The second-order valence-corrected chi connectivity index (χ2v) is 3.19. The van der Waals surface area contributed by atoms with Gasteiger partial charge in [-0.3, -0.25) is 0 Å². The fourth-order valence-corrected chi connectivity index (χ4v) is 1.33. The number of rotatable bonds is 5. The van der Waals surface area contributed by atoms with E-state index in [-0.39, 0.29) is 0 Å². The Morgan fingerprint density at radius 2 is 2.27 bits per heavy atom. The minimum absolute atomic E-state index is 0.439. The molecule has 0 bridgehead atoms. The Balaban J connectivity index is 2.05. The second-order valence-electron chi connectivity index (χ2n) is 3.19. The molecule has 0 amide bonds. The smallest absolute Gasteiger partial charge is 0.141 e.